The predicted molar refractivity (Wildman–Crippen MR) is 67.9 cm³/mol. The molecule has 96 valence electrons. The van der Waals surface area contributed by atoms with E-state index in [0.717, 1.165) is 25.7 Å². The number of rotatable bonds is 3. The van der Waals surface area contributed by atoms with Crippen LogP contribution in [0.3, 0.4) is 0 Å². The fourth-order valence-electron chi connectivity index (χ4n) is 3.14. The molecule has 0 spiro atoms. The standard InChI is InChI=1S/C15H18O3/c1-17-14-5-3-2-4-13(14)15(16)10-8-11-6-7-12(9-10)18-11/h2-5,10-12H,6-9H2,1H3. The number of ketones is 1. The summed E-state index contributed by atoms with van der Waals surface area (Å²) in [4.78, 5) is 12.6. The van der Waals surface area contributed by atoms with Gasteiger partial charge in [-0.3, -0.25) is 4.79 Å². The molecule has 1 aromatic carbocycles. The normalized spacial score (nSPS) is 30.2. The van der Waals surface area contributed by atoms with Gasteiger partial charge in [-0.25, -0.2) is 0 Å². The summed E-state index contributed by atoms with van der Waals surface area (Å²) >= 11 is 0. The van der Waals surface area contributed by atoms with E-state index in [1.807, 2.05) is 24.3 Å². The summed E-state index contributed by atoms with van der Waals surface area (Å²) in [7, 11) is 1.61. The second-order valence-electron chi connectivity index (χ2n) is 5.19. The molecule has 1 aromatic rings. The van der Waals surface area contributed by atoms with Gasteiger partial charge in [-0.15, -0.1) is 0 Å². The zero-order valence-electron chi connectivity index (χ0n) is 10.6. The molecule has 0 N–H and O–H groups in total. The number of fused-ring (bicyclic) bond motifs is 2. The number of Topliss-reactive ketones (excluding diaryl/α,β-unsaturated/α-hetero) is 1. The minimum absolute atomic E-state index is 0.104. The highest BCUT2D eigenvalue weighted by Gasteiger charge is 2.38. The maximum Gasteiger partial charge on any atom is 0.169 e. The lowest BCUT2D eigenvalue weighted by atomic mass is 9.87. The molecule has 0 amide bonds. The molecule has 3 nitrogen and oxygen atoms in total. The van der Waals surface area contributed by atoms with E-state index in [4.69, 9.17) is 9.47 Å². The number of hydrogen-bond acceptors (Lipinski definition) is 3. The van der Waals surface area contributed by atoms with Gasteiger partial charge in [0.2, 0.25) is 0 Å². The maximum absolute atomic E-state index is 12.6. The number of carbonyl (C=O) groups is 1. The first-order chi connectivity index (χ1) is 8.78. The fourth-order valence-corrected chi connectivity index (χ4v) is 3.14. The van der Waals surface area contributed by atoms with Crippen molar-refractivity contribution in [3.8, 4) is 5.75 Å². The van der Waals surface area contributed by atoms with Crippen molar-refractivity contribution >= 4 is 5.78 Å². The highest BCUT2D eigenvalue weighted by Crippen LogP contribution is 2.38. The van der Waals surface area contributed by atoms with Crippen molar-refractivity contribution in [2.45, 2.75) is 37.9 Å². The highest BCUT2D eigenvalue weighted by molar-refractivity contribution is 6.00. The van der Waals surface area contributed by atoms with Gasteiger partial charge in [-0.05, 0) is 37.8 Å². The third kappa shape index (κ3) is 2.03. The molecule has 2 saturated heterocycles. The van der Waals surface area contributed by atoms with Gasteiger partial charge in [-0.2, -0.15) is 0 Å². The summed E-state index contributed by atoms with van der Waals surface area (Å²) in [6.07, 6.45) is 4.56. The molecule has 2 bridgehead atoms. The minimum atomic E-state index is 0.104. The number of methoxy groups -OCH3 is 1. The van der Waals surface area contributed by atoms with Gasteiger partial charge in [0.05, 0.1) is 24.9 Å². The Hall–Kier alpha value is -1.35. The van der Waals surface area contributed by atoms with Gasteiger partial charge in [-0.1, -0.05) is 12.1 Å². The molecule has 2 atom stereocenters. The van der Waals surface area contributed by atoms with Crippen LogP contribution >= 0.6 is 0 Å². The Labute approximate surface area is 107 Å². The van der Waals surface area contributed by atoms with Crippen LogP contribution < -0.4 is 4.74 Å². The lowest BCUT2D eigenvalue weighted by Gasteiger charge is -2.27. The van der Waals surface area contributed by atoms with E-state index in [-0.39, 0.29) is 11.7 Å². The van der Waals surface area contributed by atoms with Crippen molar-refractivity contribution < 1.29 is 14.3 Å². The summed E-state index contributed by atoms with van der Waals surface area (Å²) in [5, 5.41) is 0. The summed E-state index contributed by atoms with van der Waals surface area (Å²) < 4.78 is 11.1. The molecule has 18 heavy (non-hydrogen) atoms. The van der Waals surface area contributed by atoms with Gasteiger partial charge in [0.15, 0.2) is 5.78 Å². The summed E-state index contributed by atoms with van der Waals surface area (Å²) in [5.41, 5.74) is 0.714. The molecule has 2 aliphatic rings. The van der Waals surface area contributed by atoms with E-state index in [1.54, 1.807) is 7.11 Å². The maximum atomic E-state index is 12.6. The smallest absolute Gasteiger partial charge is 0.169 e. The molecule has 2 unspecified atom stereocenters. The third-order valence-electron chi connectivity index (χ3n) is 4.03. The second kappa shape index (κ2) is 4.73. The minimum Gasteiger partial charge on any atom is -0.496 e. The van der Waals surface area contributed by atoms with E-state index in [0.29, 0.717) is 23.5 Å². The number of benzene rings is 1. The van der Waals surface area contributed by atoms with Crippen LogP contribution in [0.4, 0.5) is 0 Å². The topological polar surface area (TPSA) is 35.5 Å². The molecule has 2 heterocycles. The molecule has 2 aliphatic heterocycles. The molecule has 3 heteroatoms. The van der Waals surface area contributed by atoms with Crippen molar-refractivity contribution in [2.24, 2.45) is 5.92 Å². The number of hydrogen-bond donors (Lipinski definition) is 0. The molecule has 0 aromatic heterocycles. The Bertz CT molecular complexity index is 443. The Balaban J connectivity index is 1.82. The Morgan fingerprint density at radius 3 is 2.56 bits per heavy atom. The number of carbonyl (C=O) groups excluding carboxylic acids is 1. The largest absolute Gasteiger partial charge is 0.496 e. The van der Waals surface area contributed by atoms with E-state index in [1.165, 1.54) is 0 Å². The number of ether oxygens (including phenoxy) is 2. The lowest BCUT2D eigenvalue weighted by molar-refractivity contribution is -0.0149. The van der Waals surface area contributed by atoms with E-state index in [2.05, 4.69) is 0 Å². The van der Waals surface area contributed by atoms with Crippen LogP contribution in [0, 0.1) is 5.92 Å². The van der Waals surface area contributed by atoms with Gasteiger partial charge in [0, 0.05) is 5.92 Å². The van der Waals surface area contributed by atoms with E-state index < -0.39 is 0 Å². The van der Waals surface area contributed by atoms with Gasteiger partial charge in [0.1, 0.15) is 5.75 Å². The van der Waals surface area contributed by atoms with Gasteiger partial charge < -0.3 is 9.47 Å². The van der Waals surface area contributed by atoms with E-state index >= 15 is 0 Å². The molecule has 2 fully saturated rings. The van der Waals surface area contributed by atoms with Crippen LogP contribution in [-0.4, -0.2) is 25.1 Å². The molecule has 3 rings (SSSR count). The summed E-state index contributed by atoms with van der Waals surface area (Å²) in [5.74, 6) is 1.00. The first-order valence-electron chi connectivity index (χ1n) is 6.60. The molecule has 0 saturated carbocycles. The van der Waals surface area contributed by atoms with Gasteiger partial charge in [0.25, 0.3) is 0 Å². The Morgan fingerprint density at radius 2 is 1.89 bits per heavy atom. The van der Waals surface area contributed by atoms with Crippen LogP contribution in [0.25, 0.3) is 0 Å². The molecular formula is C15H18O3. The zero-order chi connectivity index (χ0) is 12.5. The van der Waals surface area contributed by atoms with Crippen LogP contribution in [0.1, 0.15) is 36.0 Å². The highest BCUT2D eigenvalue weighted by atomic mass is 16.5. The molecular weight excluding hydrogens is 228 g/mol. The lowest BCUT2D eigenvalue weighted by Crippen LogP contribution is -2.30. The second-order valence-corrected chi connectivity index (χ2v) is 5.19. The van der Waals surface area contributed by atoms with E-state index in [9.17, 15) is 4.79 Å². The first-order valence-corrected chi connectivity index (χ1v) is 6.60. The molecule has 0 radical (unpaired) electrons. The van der Waals surface area contributed by atoms with Crippen LogP contribution in [0.5, 0.6) is 5.75 Å². The van der Waals surface area contributed by atoms with Crippen LogP contribution in [-0.2, 0) is 4.74 Å². The van der Waals surface area contributed by atoms with Gasteiger partial charge >= 0.3 is 0 Å². The predicted octanol–water partition coefficient (Wildman–Crippen LogP) is 2.84. The first kappa shape index (κ1) is 11.7. The summed E-state index contributed by atoms with van der Waals surface area (Å²) in [6.45, 7) is 0. The zero-order valence-corrected chi connectivity index (χ0v) is 10.6. The fraction of sp³-hybridized carbons (Fsp3) is 0.533. The average Bonchev–Trinajstić information content (AvgIpc) is 2.76. The van der Waals surface area contributed by atoms with Crippen molar-refractivity contribution in [1.82, 2.24) is 0 Å². The van der Waals surface area contributed by atoms with Crippen LogP contribution in [0.15, 0.2) is 24.3 Å². The van der Waals surface area contributed by atoms with Crippen LogP contribution in [0.2, 0.25) is 0 Å². The Morgan fingerprint density at radius 1 is 1.22 bits per heavy atom. The van der Waals surface area contributed by atoms with Crippen molar-refractivity contribution in [3.63, 3.8) is 0 Å². The van der Waals surface area contributed by atoms with Crippen molar-refractivity contribution in [1.29, 1.82) is 0 Å². The third-order valence-corrected chi connectivity index (χ3v) is 4.03. The quantitative estimate of drug-likeness (QED) is 0.769. The Kier molecular flexibility index (Phi) is 3.08. The number of para-hydroxylation sites is 1. The van der Waals surface area contributed by atoms with Crippen molar-refractivity contribution in [2.75, 3.05) is 7.11 Å². The average molecular weight is 246 g/mol. The summed E-state index contributed by atoms with van der Waals surface area (Å²) in [6, 6.07) is 7.49. The molecule has 0 aliphatic carbocycles. The monoisotopic (exact) mass is 246 g/mol. The SMILES string of the molecule is COc1ccccc1C(=O)C1CC2CCC(C1)O2. The van der Waals surface area contributed by atoms with Crippen molar-refractivity contribution in [3.05, 3.63) is 29.8 Å².